The number of primary sulfonamides is 1. The number of nitrogens with two attached hydrogens (primary N) is 1. The molecule has 6 heteroatoms. The largest absolute Gasteiger partial charge is 0.378 e. The summed E-state index contributed by atoms with van der Waals surface area (Å²) >= 11 is 3.48. The molecule has 0 bridgehead atoms. The Morgan fingerprint density at radius 3 is 2.60 bits per heavy atom. The van der Waals surface area contributed by atoms with Crippen molar-refractivity contribution in [3.63, 3.8) is 0 Å². The van der Waals surface area contributed by atoms with Crippen LogP contribution in [0.4, 0.5) is 5.69 Å². The first-order chi connectivity index (χ1) is 12.0. The molecule has 0 amide bonds. The van der Waals surface area contributed by atoms with Gasteiger partial charge in [-0.05, 0) is 47.2 Å². The van der Waals surface area contributed by atoms with E-state index in [1.165, 1.54) is 11.1 Å². The molecule has 0 fully saturated rings. The minimum atomic E-state index is -3.69. The third-order valence-corrected chi connectivity index (χ3v) is 6.71. The van der Waals surface area contributed by atoms with Crippen LogP contribution in [0.5, 0.6) is 0 Å². The van der Waals surface area contributed by atoms with Crippen LogP contribution in [0, 0.1) is 5.92 Å². The van der Waals surface area contributed by atoms with Gasteiger partial charge in [0.25, 0.3) is 0 Å². The minimum absolute atomic E-state index is 0.173. The molecule has 3 atom stereocenters. The number of sulfonamides is 1. The molecule has 0 spiro atoms. The van der Waals surface area contributed by atoms with Gasteiger partial charge in [0.2, 0.25) is 10.0 Å². The van der Waals surface area contributed by atoms with Crippen LogP contribution in [0.25, 0.3) is 0 Å². The maximum Gasteiger partial charge on any atom is 0.238 e. The number of nitrogens with one attached hydrogen (secondary N) is 1. The van der Waals surface area contributed by atoms with Gasteiger partial charge in [0.15, 0.2) is 0 Å². The van der Waals surface area contributed by atoms with E-state index in [-0.39, 0.29) is 16.9 Å². The second kappa shape index (κ2) is 6.27. The van der Waals surface area contributed by atoms with Crippen LogP contribution >= 0.6 is 15.9 Å². The van der Waals surface area contributed by atoms with Gasteiger partial charge < -0.3 is 5.32 Å². The van der Waals surface area contributed by atoms with E-state index in [2.05, 4.69) is 57.7 Å². The first-order valence-corrected chi connectivity index (χ1v) is 10.9. The van der Waals surface area contributed by atoms with Gasteiger partial charge in [0.1, 0.15) is 0 Å². The molecular formula is C19H19BrN2O2S. The Balaban J connectivity index is 1.75. The summed E-state index contributed by atoms with van der Waals surface area (Å²) in [4.78, 5) is 0.173. The van der Waals surface area contributed by atoms with Crippen LogP contribution < -0.4 is 10.5 Å². The lowest BCUT2D eigenvalue weighted by Gasteiger charge is -2.37. The predicted molar refractivity (Wildman–Crippen MR) is 103 cm³/mol. The van der Waals surface area contributed by atoms with Gasteiger partial charge in [-0.25, -0.2) is 13.6 Å². The first kappa shape index (κ1) is 16.8. The summed E-state index contributed by atoms with van der Waals surface area (Å²) in [5.41, 5.74) is 4.50. The molecule has 1 aliphatic heterocycles. The number of rotatable bonds is 3. The lowest BCUT2D eigenvalue weighted by molar-refractivity contribution is 0.425. The Morgan fingerprint density at radius 2 is 1.92 bits per heavy atom. The number of halogens is 1. The predicted octanol–water partition coefficient (Wildman–Crippen LogP) is 4.06. The third kappa shape index (κ3) is 3.03. The van der Waals surface area contributed by atoms with Crippen molar-refractivity contribution in [2.45, 2.75) is 28.6 Å². The molecule has 3 N–H and O–H groups in total. The van der Waals surface area contributed by atoms with Gasteiger partial charge in [-0.3, -0.25) is 0 Å². The molecule has 0 saturated carbocycles. The van der Waals surface area contributed by atoms with Crippen molar-refractivity contribution in [2.24, 2.45) is 11.1 Å². The number of hydrogen-bond acceptors (Lipinski definition) is 3. The van der Waals surface area contributed by atoms with Gasteiger partial charge >= 0.3 is 0 Å². The van der Waals surface area contributed by atoms with E-state index >= 15 is 0 Å². The van der Waals surface area contributed by atoms with E-state index in [1.54, 1.807) is 12.1 Å². The minimum Gasteiger partial charge on any atom is -0.378 e. The Labute approximate surface area is 156 Å². The fraction of sp³-hybridized carbons (Fsp3) is 0.263. The Bertz CT molecular complexity index is 938. The Kier molecular flexibility index (Phi) is 4.22. The first-order valence-electron chi connectivity index (χ1n) is 8.22. The summed E-state index contributed by atoms with van der Waals surface area (Å²) in [7, 11) is -3.69. The summed E-state index contributed by atoms with van der Waals surface area (Å²) in [5.74, 6) is 0.580. The van der Waals surface area contributed by atoms with E-state index < -0.39 is 10.0 Å². The van der Waals surface area contributed by atoms with E-state index in [0.29, 0.717) is 5.92 Å². The molecule has 3 unspecified atom stereocenters. The van der Waals surface area contributed by atoms with Gasteiger partial charge in [-0.15, -0.1) is 0 Å². The zero-order valence-corrected chi connectivity index (χ0v) is 15.9. The SMILES string of the molecule is NS(=O)(=O)c1ccc2c(c1)C1C=CCC1C(c1ccc(CBr)cc1)N2. The maximum atomic E-state index is 11.7. The van der Waals surface area contributed by atoms with Gasteiger partial charge in [-0.2, -0.15) is 0 Å². The van der Waals surface area contributed by atoms with Gasteiger partial charge in [0.05, 0.1) is 10.9 Å². The maximum absolute atomic E-state index is 11.7. The number of fused-ring (bicyclic) bond motifs is 3. The molecule has 1 aliphatic carbocycles. The number of anilines is 1. The number of alkyl halides is 1. The van der Waals surface area contributed by atoms with Crippen LogP contribution in [-0.2, 0) is 15.4 Å². The summed E-state index contributed by atoms with van der Waals surface area (Å²) in [6, 6.07) is 14.0. The van der Waals surface area contributed by atoms with Crippen LogP contribution in [0.2, 0.25) is 0 Å². The van der Waals surface area contributed by atoms with Crippen molar-refractivity contribution in [1.29, 1.82) is 0 Å². The summed E-state index contributed by atoms with van der Waals surface area (Å²) in [5, 5.41) is 9.76. The van der Waals surface area contributed by atoms with Gasteiger partial charge in [-0.1, -0.05) is 52.3 Å². The van der Waals surface area contributed by atoms with E-state index in [9.17, 15) is 8.42 Å². The second-order valence-corrected chi connectivity index (χ2v) is 8.77. The van der Waals surface area contributed by atoms with Crippen LogP contribution in [0.15, 0.2) is 59.5 Å². The summed E-state index contributed by atoms with van der Waals surface area (Å²) in [6.45, 7) is 0. The quantitative estimate of drug-likeness (QED) is 0.582. The van der Waals surface area contributed by atoms with Crippen LogP contribution in [0.1, 0.15) is 35.1 Å². The van der Waals surface area contributed by atoms with Crippen molar-refractivity contribution in [2.75, 3.05) is 5.32 Å². The number of allylic oxidation sites excluding steroid dienone is 2. The highest BCUT2D eigenvalue weighted by Gasteiger charge is 2.38. The van der Waals surface area contributed by atoms with Crippen LogP contribution in [-0.4, -0.2) is 8.42 Å². The Hall–Kier alpha value is -1.63. The average Bonchev–Trinajstić information content (AvgIpc) is 3.10. The van der Waals surface area contributed by atoms with Crippen molar-refractivity contribution >= 4 is 31.6 Å². The highest BCUT2D eigenvalue weighted by Crippen LogP contribution is 2.50. The third-order valence-electron chi connectivity index (χ3n) is 5.16. The topological polar surface area (TPSA) is 72.2 Å². The molecular weight excluding hydrogens is 400 g/mol. The monoisotopic (exact) mass is 418 g/mol. The van der Waals surface area contributed by atoms with Crippen molar-refractivity contribution in [1.82, 2.24) is 0 Å². The van der Waals surface area contributed by atoms with E-state index in [0.717, 1.165) is 23.0 Å². The van der Waals surface area contributed by atoms with E-state index in [4.69, 9.17) is 5.14 Å². The zero-order chi connectivity index (χ0) is 17.6. The molecule has 2 aromatic rings. The number of benzene rings is 2. The molecule has 2 aliphatic rings. The number of hydrogen-bond donors (Lipinski definition) is 2. The fourth-order valence-corrected chi connectivity index (χ4v) is 4.82. The molecule has 4 rings (SSSR count). The molecule has 2 aromatic carbocycles. The van der Waals surface area contributed by atoms with Crippen molar-refractivity contribution in [3.8, 4) is 0 Å². The fourth-order valence-electron chi connectivity index (χ4n) is 3.89. The Morgan fingerprint density at radius 1 is 1.16 bits per heavy atom. The lowest BCUT2D eigenvalue weighted by atomic mass is 9.77. The van der Waals surface area contributed by atoms with Crippen molar-refractivity contribution < 1.29 is 8.42 Å². The smallest absolute Gasteiger partial charge is 0.238 e. The van der Waals surface area contributed by atoms with Crippen molar-refractivity contribution in [3.05, 3.63) is 71.3 Å². The highest BCUT2D eigenvalue weighted by molar-refractivity contribution is 9.08. The molecule has 25 heavy (non-hydrogen) atoms. The molecule has 4 nitrogen and oxygen atoms in total. The molecule has 0 aromatic heterocycles. The van der Waals surface area contributed by atoms with Gasteiger partial charge in [0, 0.05) is 16.9 Å². The average molecular weight is 419 g/mol. The molecule has 0 saturated heterocycles. The van der Waals surface area contributed by atoms with Crippen LogP contribution in [0.3, 0.4) is 0 Å². The second-order valence-electron chi connectivity index (χ2n) is 6.64. The summed E-state index contributed by atoms with van der Waals surface area (Å²) in [6.07, 6.45) is 5.36. The molecule has 1 heterocycles. The van der Waals surface area contributed by atoms with E-state index in [1.807, 2.05) is 6.07 Å². The summed E-state index contributed by atoms with van der Waals surface area (Å²) < 4.78 is 23.4. The highest BCUT2D eigenvalue weighted by atomic mass is 79.9. The lowest BCUT2D eigenvalue weighted by Crippen LogP contribution is -2.29. The standard InChI is InChI=1S/C19H19BrN2O2S/c20-11-12-4-6-13(7-5-12)19-16-3-1-2-15(16)17-10-14(25(21,23)24)8-9-18(17)22-19/h1-2,4-10,15-16,19,22H,3,11H2,(H2,21,23,24). The molecule has 0 radical (unpaired) electrons. The normalized spacial score (nSPS) is 24.5. The zero-order valence-electron chi connectivity index (χ0n) is 13.5. The molecule has 130 valence electrons.